The Balaban J connectivity index is 1.42. The van der Waals surface area contributed by atoms with Gasteiger partial charge in [-0.2, -0.15) is 0 Å². The van der Waals surface area contributed by atoms with Crippen molar-refractivity contribution in [1.29, 1.82) is 0 Å². The minimum atomic E-state index is -0.828. The SMILES string of the molecule is CN1CCCC(NC(=O)NCC2CCN(c3ccc(F)c(F)c3)C2)C1. The highest BCUT2D eigenvalue weighted by molar-refractivity contribution is 5.74. The van der Waals surface area contributed by atoms with E-state index in [1.807, 2.05) is 4.90 Å². The molecule has 2 amide bonds. The van der Waals surface area contributed by atoms with E-state index in [0.29, 0.717) is 18.2 Å². The summed E-state index contributed by atoms with van der Waals surface area (Å²) in [6.45, 7) is 4.08. The summed E-state index contributed by atoms with van der Waals surface area (Å²) in [5.74, 6) is -1.34. The van der Waals surface area contributed by atoms with Gasteiger partial charge < -0.3 is 20.4 Å². The van der Waals surface area contributed by atoms with Crippen molar-refractivity contribution < 1.29 is 13.6 Å². The van der Waals surface area contributed by atoms with Crippen molar-refractivity contribution in [2.45, 2.75) is 25.3 Å². The maximum atomic E-state index is 13.4. The van der Waals surface area contributed by atoms with Gasteiger partial charge in [-0.05, 0) is 50.9 Å². The summed E-state index contributed by atoms with van der Waals surface area (Å²) < 4.78 is 26.4. The van der Waals surface area contributed by atoms with E-state index in [1.54, 1.807) is 6.07 Å². The Morgan fingerprint density at radius 2 is 2.04 bits per heavy atom. The molecule has 5 nitrogen and oxygen atoms in total. The Hall–Kier alpha value is -1.89. The number of carbonyl (C=O) groups excluding carboxylic acids is 1. The van der Waals surface area contributed by atoms with Crippen LogP contribution in [0.15, 0.2) is 18.2 Å². The molecule has 3 rings (SSSR count). The number of urea groups is 1. The van der Waals surface area contributed by atoms with Gasteiger partial charge in [-0.1, -0.05) is 0 Å². The average Bonchev–Trinajstić information content (AvgIpc) is 3.04. The number of halogens is 2. The first-order chi connectivity index (χ1) is 12.0. The summed E-state index contributed by atoms with van der Waals surface area (Å²) >= 11 is 0. The van der Waals surface area contributed by atoms with Crippen molar-refractivity contribution in [2.24, 2.45) is 5.92 Å². The van der Waals surface area contributed by atoms with Gasteiger partial charge in [-0.15, -0.1) is 0 Å². The number of anilines is 1. The van der Waals surface area contributed by atoms with E-state index in [9.17, 15) is 13.6 Å². The number of amides is 2. The largest absolute Gasteiger partial charge is 0.371 e. The van der Waals surface area contributed by atoms with Gasteiger partial charge in [0.05, 0.1) is 0 Å². The third-order valence-corrected chi connectivity index (χ3v) is 5.07. The number of hydrogen-bond donors (Lipinski definition) is 2. The van der Waals surface area contributed by atoms with Crippen molar-refractivity contribution in [3.8, 4) is 0 Å². The zero-order valence-electron chi connectivity index (χ0n) is 14.6. The molecule has 0 spiro atoms. The maximum Gasteiger partial charge on any atom is 0.315 e. The minimum Gasteiger partial charge on any atom is -0.371 e. The lowest BCUT2D eigenvalue weighted by molar-refractivity contribution is 0.208. The summed E-state index contributed by atoms with van der Waals surface area (Å²) in [5.41, 5.74) is 0.691. The van der Waals surface area contributed by atoms with E-state index in [-0.39, 0.29) is 12.1 Å². The van der Waals surface area contributed by atoms with Crippen LogP contribution in [0.5, 0.6) is 0 Å². The van der Waals surface area contributed by atoms with Crippen LogP contribution in [0.3, 0.4) is 0 Å². The molecule has 2 aliphatic rings. The van der Waals surface area contributed by atoms with Crippen molar-refractivity contribution in [3.63, 3.8) is 0 Å². The Bertz CT molecular complexity index is 613. The fourth-order valence-corrected chi connectivity index (χ4v) is 3.67. The number of benzene rings is 1. The summed E-state index contributed by atoms with van der Waals surface area (Å²) in [5, 5.41) is 5.98. The molecule has 138 valence electrons. The van der Waals surface area contributed by atoms with E-state index < -0.39 is 11.6 Å². The zero-order valence-corrected chi connectivity index (χ0v) is 14.6. The van der Waals surface area contributed by atoms with Gasteiger partial charge in [0.1, 0.15) is 0 Å². The van der Waals surface area contributed by atoms with Crippen molar-refractivity contribution in [3.05, 3.63) is 29.8 Å². The van der Waals surface area contributed by atoms with Crippen LogP contribution in [0.2, 0.25) is 0 Å². The molecule has 0 aromatic heterocycles. The molecule has 2 fully saturated rings. The fourth-order valence-electron chi connectivity index (χ4n) is 3.67. The van der Waals surface area contributed by atoms with Crippen LogP contribution < -0.4 is 15.5 Å². The topological polar surface area (TPSA) is 47.6 Å². The molecule has 2 heterocycles. The predicted molar refractivity (Wildman–Crippen MR) is 93.7 cm³/mol. The molecule has 0 radical (unpaired) electrons. The standard InChI is InChI=1S/C18H26F2N4O/c1-23-7-2-3-14(12-23)22-18(25)21-10-13-6-8-24(11-13)15-4-5-16(19)17(20)9-15/h4-5,9,13-14H,2-3,6-8,10-12H2,1H3,(H2,21,22,25). The first-order valence-electron chi connectivity index (χ1n) is 8.94. The maximum absolute atomic E-state index is 13.4. The van der Waals surface area contributed by atoms with Gasteiger partial charge in [-0.3, -0.25) is 0 Å². The van der Waals surface area contributed by atoms with Gasteiger partial charge in [0.15, 0.2) is 11.6 Å². The predicted octanol–water partition coefficient (Wildman–Crippen LogP) is 2.18. The molecule has 2 saturated heterocycles. The van der Waals surface area contributed by atoms with Crippen molar-refractivity contribution in [2.75, 3.05) is 44.7 Å². The Kier molecular flexibility index (Phi) is 5.73. The van der Waals surface area contributed by atoms with Crippen LogP contribution in [0.4, 0.5) is 19.3 Å². The lowest BCUT2D eigenvalue weighted by Gasteiger charge is -2.30. The van der Waals surface area contributed by atoms with E-state index in [2.05, 4.69) is 22.6 Å². The summed E-state index contributed by atoms with van der Waals surface area (Å²) in [4.78, 5) is 16.3. The molecule has 7 heteroatoms. The highest BCUT2D eigenvalue weighted by atomic mass is 19.2. The molecular weight excluding hydrogens is 326 g/mol. The molecular formula is C18H26F2N4O. The smallest absolute Gasteiger partial charge is 0.315 e. The number of nitrogens with one attached hydrogen (secondary N) is 2. The number of nitrogens with zero attached hydrogens (tertiary/aromatic N) is 2. The molecule has 2 unspecified atom stereocenters. The molecule has 1 aromatic rings. The Morgan fingerprint density at radius 1 is 1.20 bits per heavy atom. The number of carbonyl (C=O) groups is 1. The molecule has 0 saturated carbocycles. The molecule has 0 aliphatic carbocycles. The van der Waals surface area contributed by atoms with Crippen LogP contribution in [-0.2, 0) is 0 Å². The lowest BCUT2D eigenvalue weighted by atomic mass is 10.1. The van der Waals surface area contributed by atoms with Crippen LogP contribution >= 0.6 is 0 Å². The van der Waals surface area contributed by atoms with Gasteiger partial charge in [0.2, 0.25) is 0 Å². The van der Waals surface area contributed by atoms with Crippen LogP contribution in [0, 0.1) is 17.6 Å². The second kappa shape index (κ2) is 7.99. The van der Waals surface area contributed by atoms with E-state index in [0.717, 1.165) is 51.5 Å². The van der Waals surface area contributed by atoms with E-state index in [1.165, 1.54) is 6.07 Å². The van der Waals surface area contributed by atoms with Crippen molar-refractivity contribution >= 4 is 11.7 Å². The van der Waals surface area contributed by atoms with Crippen LogP contribution in [-0.4, -0.2) is 56.7 Å². The van der Waals surface area contributed by atoms with Gasteiger partial charge in [0.25, 0.3) is 0 Å². The van der Waals surface area contributed by atoms with Crippen LogP contribution in [0.25, 0.3) is 0 Å². The minimum absolute atomic E-state index is 0.119. The second-order valence-electron chi connectivity index (χ2n) is 7.15. The second-order valence-corrected chi connectivity index (χ2v) is 7.15. The first-order valence-corrected chi connectivity index (χ1v) is 8.94. The molecule has 1 aromatic carbocycles. The molecule has 2 aliphatic heterocycles. The quantitative estimate of drug-likeness (QED) is 0.873. The molecule has 0 bridgehead atoms. The zero-order chi connectivity index (χ0) is 17.8. The third-order valence-electron chi connectivity index (χ3n) is 5.07. The van der Waals surface area contributed by atoms with Crippen LogP contribution in [0.1, 0.15) is 19.3 Å². The summed E-state index contributed by atoms with van der Waals surface area (Å²) in [6.07, 6.45) is 3.05. The Labute approximate surface area is 147 Å². The Morgan fingerprint density at radius 3 is 2.80 bits per heavy atom. The number of likely N-dealkylation sites (tertiary alicyclic amines) is 1. The molecule has 2 N–H and O–H groups in total. The highest BCUT2D eigenvalue weighted by Gasteiger charge is 2.24. The van der Waals surface area contributed by atoms with E-state index >= 15 is 0 Å². The van der Waals surface area contributed by atoms with Gasteiger partial charge in [-0.25, -0.2) is 13.6 Å². The van der Waals surface area contributed by atoms with Gasteiger partial charge in [0, 0.05) is 44.0 Å². The molecule has 2 atom stereocenters. The third kappa shape index (κ3) is 4.81. The normalized spacial score (nSPS) is 24.4. The number of rotatable bonds is 4. The summed E-state index contributed by atoms with van der Waals surface area (Å²) in [7, 11) is 2.07. The van der Waals surface area contributed by atoms with Crippen molar-refractivity contribution in [1.82, 2.24) is 15.5 Å². The number of likely N-dealkylation sites (N-methyl/N-ethyl adjacent to an activating group) is 1. The highest BCUT2D eigenvalue weighted by Crippen LogP contribution is 2.25. The average molecular weight is 352 g/mol. The summed E-state index contributed by atoms with van der Waals surface area (Å²) in [6, 6.07) is 4.08. The first kappa shape index (κ1) is 17.9. The lowest BCUT2D eigenvalue weighted by Crippen LogP contribution is -2.50. The number of piperidine rings is 1. The van der Waals surface area contributed by atoms with Gasteiger partial charge >= 0.3 is 6.03 Å². The monoisotopic (exact) mass is 352 g/mol. The fraction of sp³-hybridized carbons (Fsp3) is 0.611. The molecule has 25 heavy (non-hydrogen) atoms. The van der Waals surface area contributed by atoms with E-state index in [4.69, 9.17) is 0 Å². The number of hydrogen-bond acceptors (Lipinski definition) is 3.